The van der Waals surface area contributed by atoms with Crippen LogP contribution in [-0.2, 0) is 11.0 Å². The number of alkyl halides is 6. The number of pyridine rings is 1. The summed E-state index contributed by atoms with van der Waals surface area (Å²) in [4.78, 5) is 27.8. The third-order valence-corrected chi connectivity index (χ3v) is 5.49. The van der Waals surface area contributed by atoms with E-state index in [4.69, 9.17) is 9.90 Å². The third kappa shape index (κ3) is 7.72. The Balaban J connectivity index is 0.000000479. The number of carboxylic acid groups (broad SMARTS) is 1. The summed E-state index contributed by atoms with van der Waals surface area (Å²) in [6.07, 6.45) is -6.25. The van der Waals surface area contributed by atoms with Crippen molar-refractivity contribution >= 4 is 34.3 Å². The van der Waals surface area contributed by atoms with Gasteiger partial charge in [0.25, 0.3) is 0 Å². The number of aliphatic carboxylic acids is 1. The molecule has 2 heterocycles. The second-order valence-corrected chi connectivity index (χ2v) is 8.09. The largest absolute Gasteiger partial charge is 0.490 e. The highest BCUT2D eigenvalue weighted by Gasteiger charge is 2.38. The second kappa shape index (κ2) is 11.4. The van der Waals surface area contributed by atoms with Crippen LogP contribution in [0.25, 0.3) is 10.9 Å². The maximum absolute atomic E-state index is 12.8. The summed E-state index contributed by atoms with van der Waals surface area (Å²) in [5.74, 6) is -2.76. The van der Waals surface area contributed by atoms with E-state index in [1.807, 2.05) is 30.3 Å². The Morgan fingerprint density at radius 1 is 0.946 bits per heavy atom. The summed E-state index contributed by atoms with van der Waals surface area (Å²) >= 11 is 0. The van der Waals surface area contributed by atoms with Gasteiger partial charge in [-0.1, -0.05) is 24.3 Å². The Hall–Kier alpha value is -4.03. The number of carbonyl (C=O) groups is 2. The zero-order chi connectivity index (χ0) is 27.2. The molecular weight excluding hydrogens is 506 g/mol. The summed E-state index contributed by atoms with van der Waals surface area (Å²) in [6, 6.07) is 14.0. The first-order valence-corrected chi connectivity index (χ1v) is 11.0. The zero-order valence-electron chi connectivity index (χ0n) is 19.1. The molecule has 2 amide bonds. The quantitative estimate of drug-likeness (QED) is 0.381. The Labute approximate surface area is 207 Å². The van der Waals surface area contributed by atoms with Gasteiger partial charge in [0, 0.05) is 42.1 Å². The first-order chi connectivity index (χ1) is 17.3. The van der Waals surface area contributed by atoms with Crippen molar-refractivity contribution in [3.63, 3.8) is 0 Å². The molecule has 7 nitrogen and oxygen atoms in total. The summed E-state index contributed by atoms with van der Waals surface area (Å²) in [5, 5.41) is 13.6. The number of piperidine rings is 1. The van der Waals surface area contributed by atoms with E-state index in [1.165, 1.54) is 12.1 Å². The zero-order valence-corrected chi connectivity index (χ0v) is 19.1. The van der Waals surface area contributed by atoms with Crippen LogP contribution in [0.15, 0.2) is 60.8 Å². The Morgan fingerprint density at radius 3 is 2.22 bits per heavy atom. The number of carboxylic acids is 1. The topological polar surface area (TPSA) is 94.6 Å². The predicted molar refractivity (Wildman–Crippen MR) is 124 cm³/mol. The number of hydrogen-bond acceptors (Lipinski definition) is 4. The minimum atomic E-state index is -5.08. The molecule has 37 heavy (non-hydrogen) atoms. The number of nitrogens with zero attached hydrogens (tertiary/aromatic N) is 2. The van der Waals surface area contributed by atoms with Gasteiger partial charge in [-0.3, -0.25) is 4.98 Å². The molecule has 3 aromatic rings. The van der Waals surface area contributed by atoms with Crippen LogP contribution in [0.4, 0.5) is 42.5 Å². The van der Waals surface area contributed by atoms with Gasteiger partial charge in [-0.15, -0.1) is 0 Å². The Kier molecular flexibility index (Phi) is 8.46. The van der Waals surface area contributed by atoms with E-state index in [2.05, 4.69) is 20.5 Å². The molecule has 0 aliphatic carbocycles. The lowest BCUT2D eigenvalue weighted by Crippen LogP contribution is -2.46. The molecule has 0 unspecified atom stereocenters. The molecule has 0 spiro atoms. The second-order valence-electron chi connectivity index (χ2n) is 8.09. The molecule has 3 N–H and O–H groups in total. The minimum Gasteiger partial charge on any atom is -0.475 e. The molecule has 0 atom stereocenters. The van der Waals surface area contributed by atoms with E-state index in [0.29, 0.717) is 0 Å². The number of urea groups is 1. The van der Waals surface area contributed by atoms with Crippen molar-refractivity contribution in [2.45, 2.75) is 31.2 Å². The number of rotatable bonds is 3. The summed E-state index contributed by atoms with van der Waals surface area (Å²) in [5.41, 5.74) is 1.38. The monoisotopic (exact) mass is 528 g/mol. The van der Waals surface area contributed by atoms with Gasteiger partial charge < -0.3 is 20.6 Å². The highest BCUT2D eigenvalue weighted by atomic mass is 19.4. The number of aromatic nitrogens is 1. The molecule has 4 rings (SSSR count). The highest BCUT2D eigenvalue weighted by Crippen LogP contribution is 2.31. The van der Waals surface area contributed by atoms with E-state index in [0.717, 1.165) is 54.7 Å². The van der Waals surface area contributed by atoms with Crippen LogP contribution in [-0.4, -0.2) is 47.4 Å². The van der Waals surface area contributed by atoms with Crippen LogP contribution in [0.5, 0.6) is 0 Å². The maximum Gasteiger partial charge on any atom is 0.490 e. The normalized spacial score (nSPS) is 14.5. The molecule has 0 bridgehead atoms. The maximum atomic E-state index is 12.8. The van der Waals surface area contributed by atoms with Crippen LogP contribution in [0.3, 0.4) is 0 Å². The molecule has 2 aromatic carbocycles. The van der Waals surface area contributed by atoms with E-state index in [-0.39, 0.29) is 11.7 Å². The van der Waals surface area contributed by atoms with Gasteiger partial charge in [-0.25, -0.2) is 9.59 Å². The number of anilines is 2. The molecule has 13 heteroatoms. The van der Waals surface area contributed by atoms with E-state index >= 15 is 0 Å². The Bertz CT molecular complexity index is 1240. The van der Waals surface area contributed by atoms with Crippen molar-refractivity contribution < 1.29 is 41.0 Å². The number of hydrogen-bond donors (Lipinski definition) is 3. The molecule has 1 aromatic heterocycles. The van der Waals surface area contributed by atoms with E-state index in [9.17, 15) is 31.1 Å². The molecule has 198 valence electrons. The van der Waals surface area contributed by atoms with Crippen LogP contribution < -0.4 is 15.5 Å². The van der Waals surface area contributed by atoms with Crippen molar-refractivity contribution in [2.75, 3.05) is 23.3 Å². The summed E-state index contributed by atoms with van der Waals surface area (Å²) < 4.78 is 70.2. The fraction of sp³-hybridized carbons (Fsp3) is 0.292. The number of para-hydroxylation sites is 1. The van der Waals surface area contributed by atoms with E-state index in [1.54, 1.807) is 6.20 Å². The molecular formula is C24H22F6N4O3. The van der Waals surface area contributed by atoms with Crippen molar-refractivity contribution in [3.05, 3.63) is 66.4 Å². The van der Waals surface area contributed by atoms with Gasteiger partial charge in [0.15, 0.2) is 0 Å². The number of benzene rings is 2. The van der Waals surface area contributed by atoms with Crippen LogP contribution in [0.1, 0.15) is 18.4 Å². The number of nitrogens with one attached hydrogen (secondary N) is 2. The summed E-state index contributed by atoms with van der Waals surface area (Å²) in [6.45, 7) is 1.53. The average Bonchev–Trinajstić information content (AvgIpc) is 2.83. The van der Waals surface area contributed by atoms with Crippen LogP contribution >= 0.6 is 0 Å². The third-order valence-electron chi connectivity index (χ3n) is 5.49. The lowest BCUT2D eigenvalue weighted by atomic mass is 10.0. The van der Waals surface area contributed by atoms with Gasteiger partial charge in [-0.05, 0) is 43.2 Å². The predicted octanol–water partition coefficient (Wildman–Crippen LogP) is 5.68. The van der Waals surface area contributed by atoms with Gasteiger partial charge in [0.1, 0.15) is 0 Å². The number of amides is 2. The van der Waals surface area contributed by atoms with E-state index < -0.39 is 29.9 Å². The molecule has 1 aliphatic heterocycles. The molecule has 1 saturated heterocycles. The fourth-order valence-corrected chi connectivity index (χ4v) is 3.75. The minimum absolute atomic E-state index is 0.0415. The highest BCUT2D eigenvalue weighted by molar-refractivity contribution is 5.91. The lowest BCUT2D eigenvalue weighted by Gasteiger charge is -2.34. The van der Waals surface area contributed by atoms with Gasteiger partial charge in [0.05, 0.1) is 11.1 Å². The van der Waals surface area contributed by atoms with Crippen molar-refractivity contribution in [1.29, 1.82) is 0 Å². The summed E-state index contributed by atoms with van der Waals surface area (Å²) in [7, 11) is 0. The van der Waals surface area contributed by atoms with Gasteiger partial charge in [-0.2, -0.15) is 26.3 Å². The average molecular weight is 528 g/mol. The van der Waals surface area contributed by atoms with Crippen LogP contribution in [0.2, 0.25) is 0 Å². The smallest absolute Gasteiger partial charge is 0.475 e. The molecule has 0 saturated carbocycles. The molecule has 1 fully saturated rings. The number of carbonyl (C=O) groups excluding carboxylic acids is 1. The Morgan fingerprint density at radius 2 is 1.59 bits per heavy atom. The fourth-order valence-electron chi connectivity index (χ4n) is 3.75. The van der Waals surface area contributed by atoms with Gasteiger partial charge >= 0.3 is 24.4 Å². The molecule has 0 radical (unpaired) electrons. The van der Waals surface area contributed by atoms with Crippen molar-refractivity contribution in [2.24, 2.45) is 0 Å². The van der Waals surface area contributed by atoms with Gasteiger partial charge in [0.2, 0.25) is 0 Å². The van der Waals surface area contributed by atoms with Crippen molar-refractivity contribution in [1.82, 2.24) is 10.3 Å². The molecule has 1 aliphatic rings. The SMILES string of the molecule is O=C(Nc1cccc(C(F)(F)F)c1)NC1CCN(c2ccnc3ccccc23)CC1.O=C(O)C(F)(F)F. The van der Waals surface area contributed by atoms with Crippen LogP contribution in [0, 0.1) is 0 Å². The standard InChI is InChI=1S/C22H21F3N4O.C2HF3O2/c23-22(24,25)15-4-3-5-17(14-15)28-21(30)27-16-9-12-29(13-10-16)20-8-11-26-19-7-2-1-6-18(19)20;3-2(4,5)1(6)7/h1-8,11,14,16H,9-10,12-13H2,(H2,27,28,30);(H,6,7). The first kappa shape index (κ1) is 27.6. The number of halogens is 6. The van der Waals surface area contributed by atoms with Crippen molar-refractivity contribution in [3.8, 4) is 0 Å². The lowest BCUT2D eigenvalue weighted by molar-refractivity contribution is -0.192. The first-order valence-electron chi connectivity index (χ1n) is 11.0. The number of fused-ring (bicyclic) bond motifs is 1.